The third kappa shape index (κ3) is 3.58. The molecule has 0 unspecified atom stereocenters. The summed E-state index contributed by atoms with van der Waals surface area (Å²) in [6, 6.07) is 11.0. The van der Waals surface area contributed by atoms with Crippen LogP contribution < -0.4 is 10.6 Å². The van der Waals surface area contributed by atoms with Crippen LogP contribution in [0.5, 0.6) is 0 Å². The number of para-hydroxylation sites is 1. The van der Waals surface area contributed by atoms with E-state index in [1.54, 1.807) is 13.0 Å². The van der Waals surface area contributed by atoms with Crippen molar-refractivity contribution >= 4 is 17.4 Å². The minimum atomic E-state index is -0.306. The number of amides is 1. The number of nitrogens with one attached hydrogen (secondary N) is 2. The van der Waals surface area contributed by atoms with Crippen LogP contribution in [-0.2, 0) is 4.79 Å². The summed E-state index contributed by atoms with van der Waals surface area (Å²) in [6.07, 6.45) is 0.678. The molecule has 1 amide bonds. The second-order valence-corrected chi connectivity index (χ2v) is 4.28. The molecule has 0 fully saturated rings. The van der Waals surface area contributed by atoms with Crippen LogP contribution in [0.25, 0.3) is 0 Å². The van der Waals surface area contributed by atoms with Crippen molar-refractivity contribution in [2.24, 2.45) is 0 Å². The van der Waals surface area contributed by atoms with Gasteiger partial charge in [0.05, 0.1) is 0 Å². The van der Waals surface area contributed by atoms with Gasteiger partial charge in [-0.05, 0) is 25.5 Å². The molecule has 2 rings (SSSR count). The molecule has 0 saturated carbocycles. The SMILES string of the molecule is CC[C@H](Nc1ccccc1)C(=O)Nc1cc(C)on1. The largest absolute Gasteiger partial charge is 0.374 e. The van der Waals surface area contributed by atoms with Gasteiger partial charge < -0.3 is 15.2 Å². The van der Waals surface area contributed by atoms with Gasteiger partial charge in [-0.25, -0.2) is 0 Å². The lowest BCUT2D eigenvalue weighted by Crippen LogP contribution is -2.34. The van der Waals surface area contributed by atoms with E-state index >= 15 is 0 Å². The molecule has 0 saturated heterocycles. The lowest BCUT2D eigenvalue weighted by Gasteiger charge is -2.16. The van der Waals surface area contributed by atoms with Crippen molar-refractivity contribution in [1.82, 2.24) is 5.16 Å². The van der Waals surface area contributed by atoms with E-state index in [9.17, 15) is 4.79 Å². The average molecular weight is 259 g/mol. The monoisotopic (exact) mass is 259 g/mol. The maximum absolute atomic E-state index is 12.1. The molecule has 1 heterocycles. The first kappa shape index (κ1) is 13.1. The number of carbonyl (C=O) groups excluding carboxylic acids is 1. The van der Waals surface area contributed by atoms with Crippen LogP contribution in [0.1, 0.15) is 19.1 Å². The number of anilines is 2. The van der Waals surface area contributed by atoms with Crippen molar-refractivity contribution in [2.75, 3.05) is 10.6 Å². The van der Waals surface area contributed by atoms with E-state index < -0.39 is 0 Å². The fraction of sp³-hybridized carbons (Fsp3) is 0.286. The van der Waals surface area contributed by atoms with Crippen molar-refractivity contribution in [3.8, 4) is 0 Å². The molecule has 5 heteroatoms. The van der Waals surface area contributed by atoms with Gasteiger partial charge in [0, 0.05) is 11.8 Å². The molecule has 0 radical (unpaired) electrons. The Morgan fingerprint density at radius 3 is 2.68 bits per heavy atom. The zero-order chi connectivity index (χ0) is 13.7. The number of rotatable bonds is 5. The Kier molecular flexibility index (Phi) is 4.18. The second-order valence-electron chi connectivity index (χ2n) is 4.28. The lowest BCUT2D eigenvalue weighted by atomic mass is 10.2. The van der Waals surface area contributed by atoms with Gasteiger partial charge in [-0.15, -0.1) is 0 Å². The first-order valence-corrected chi connectivity index (χ1v) is 6.25. The van der Waals surface area contributed by atoms with Crippen molar-refractivity contribution < 1.29 is 9.32 Å². The van der Waals surface area contributed by atoms with Crippen molar-refractivity contribution in [1.29, 1.82) is 0 Å². The van der Waals surface area contributed by atoms with Crippen LogP contribution >= 0.6 is 0 Å². The van der Waals surface area contributed by atoms with Crippen LogP contribution in [0.3, 0.4) is 0 Å². The summed E-state index contributed by atoms with van der Waals surface area (Å²) in [5, 5.41) is 9.66. The number of carbonyl (C=O) groups is 1. The molecular formula is C14H17N3O2. The topological polar surface area (TPSA) is 67.2 Å². The van der Waals surface area contributed by atoms with E-state index in [1.807, 2.05) is 37.3 Å². The van der Waals surface area contributed by atoms with Gasteiger partial charge in [0.15, 0.2) is 5.82 Å². The molecular weight excluding hydrogens is 242 g/mol. The molecule has 1 atom stereocenters. The zero-order valence-electron chi connectivity index (χ0n) is 11.0. The number of hydrogen-bond donors (Lipinski definition) is 2. The highest BCUT2D eigenvalue weighted by atomic mass is 16.5. The summed E-state index contributed by atoms with van der Waals surface area (Å²) in [5.41, 5.74) is 0.917. The summed E-state index contributed by atoms with van der Waals surface area (Å²) >= 11 is 0. The lowest BCUT2D eigenvalue weighted by molar-refractivity contribution is -0.117. The van der Waals surface area contributed by atoms with Crippen molar-refractivity contribution in [2.45, 2.75) is 26.3 Å². The molecule has 2 aromatic rings. The van der Waals surface area contributed by atoms with E-state index in [4.69, 9.17) is 4.52 Å². The van der Waals surface area contributed by atoms with Crippen LogP contribution in [0, 0.1) is 6.92 Å². The first-order chi connectivity index (χ1) is 9.19. The summed E-state index contributed by atoms with van der Waals surface area (Å²) in [7, 11) is 0. The fourth-order valence-corrected chi connectivity index (χ4v) is 1.73. The number of nitrogens with zero attached hydrogens (tertiary/aromatic N) is 1. The van der Waals surface area contributed by atoms with E-state index in [0.29, 0.717) is 18.0 Å². The van der Waals surface area contributed by atoms with Gasteiger partial charge in [-0.2, -0.15) is 0 Å². The quantitative estimate of drug-likeness (QED) is 0.866. The predicted octanol–water partition coefficient (Wildman–Crippen LogP) is 2.81. The van der Waals surface area contributed by atoms with Crippen molar-refractivity contribution in [3.05, 3.63) is 42.2 Å². The van der Waals surface area contributed by atoms with E-state index in [0.717, 1.165) is 5.69 Å². The van der Waals surface area contributed by atoms with Crippen LogP contribution in [0.4, 0.5) is 11.5 Å². The second kappa shape index (κ2) is 6.04. The molecule has 0 aliphatic carbocycles. The molecule has 1 aromatic carbocycles. The molecule has 1 aromatic heterocycles. The van der Waals surface area contributed by atoms with Gasteiger partial charge in [-0.3, -0.25) is 4.79 Å². The molecule has 0 spiro atoms. The van der Waals surface area contributed by atoms with E-state index in [-0.39, 0.29) is 11.9 Å². The van der Waals surface area contributed by atoms with Gasteiger partial charge in [0.25, 0.3) is 0 Å². The third-order valence-electron chi connectivity index (χ3n) is 2.72. The smallest absolute Gasteiger partial charge is 0.248 e. The number of aryl methyl sites for hydroxylation is 1. The molecule has 5 nitrogen and oxygen atoms in total. The summed E-state index contributed by atoms with van der Waals surface area (Å²) in [4.78, 5) is 12.1. The summed E-state index contributed by atoms with van der Waals surface area (Å²) < 4.78 is 4.91. The van der Waals surface area contributed by atoms with Crippen molar-refractivity contribution in [3.63, 3.8) is 0 Å². The Morgan fingerprint density at radius 1 is 1.37 bits per heavy atom. The highest BCUT2D eigenvalue weighted by molar-refractivity contribution is 5.95. The summed E-state index contributed by atoms with van der Waals surface area (Å²) in [5.74, 6) is 0.981. The van der Waals surface area contributed by atoms with E-state index in [1.165, 1.54) is 0 Å². The summed E-state index contributed by atoms with van der Waals surface area (Å²) in [6.45, 7) is 3.73. The Balaban J connectivity index is 1.99. The minimum Gasteiger partial charge on any atom is -0.374 e. The highest BCUT2D eigenvalue weighted by Gasteiger charge is 2.17. The van der Waals surface area contributed by atoms with Crippen LogP contribution in [0.15, 0.2) is 40.9 Å². The predicted molar refractivity (Wildman–Crippen MR) is 74.0 cm³/mol. The highest BCUT2D eigenvalue weighted by Crippen LogP contribution is 2.12. The average Bonchev–Trinajstić information content (AvgIpc) is 2.82. The Bertz CT molecular complexity index is 537. The van der Waals surface area contributed by atoms with Gasteiger partial charge in [0.2, 0.25) is 5.91 Å². The van der Waals surface area contributed by atoms with Gasteiger partial charge >= 0.3 is 0 Å². The van der Waals surface area contributed by atoms with E-state index in [2.05, 4.69) is 15.8 Å². The van der Waals surface area contributed by atoms with Crippen LogP contribution in [0.2, 0.25) is 0 Å². The standard InChI is InChI=1S/C14H17N3O2/c1-3-12(15-11-7-5-4-6-8-11)14(18)16-13-9-10(2)19-17-13/h4-9,12,15H,3H2,1-2H3,(H,16,17,18)/t12-/m0/s1. The number of hydrogen-bond acceptors (Lipinski definition) is 4. The number of benzene rings is 1. The van der Waals surface area contributed by atoms with Crippen LogP contribution in [-0.4, -0.2) is 17.1 Å². The van der Waals surface area contributed by atoms with Gasteiger partial charge in [0.1, 0.15) is 11.8 Å². The molecule has 0 bridgehead atoms. The maximum atomic E-state index is 12.1. The first-order valence-electron chi connectivity index (χ1n) is 6.25. The Labute approximate surface area is 112 Å². The molecule has 100 valence electrons. The maximum Gasteiger partial charge on any atom is 0.248 e. The third-order valence-corrected chi connectivity index (χ3v) is 2.72. The molecule has 2 N–H and O–H groups in total. The fourth-order valence-electron chi connectivity index (χ4n) is 1.73. The molecule has 19 heavy (non-hydrogen) atoms. The zero-order valence-corrected chi connectivity index (χ0v) is 11.0. The normalized spacial score (nSPS) is 11.9. The Morgan fingerprint density at radius 2 is 2.11 bits per heavy atom. The number of aromatic nitrogens is 1. The molecule has 0 aliphatic rings. The minimum absolute atomic E-state index is 0.125. The molecule has 0 aliphatic heterocycles. The Hall–Kier alpha value is -2.30. The van der Waals surface area contributed by atoms with Gasteiger partial charge in [-0.1, -0.05) is 30.3 Å².